The van der Waals surface area contributed by atoms with Gasteiger partial charge in [0.1, 0.15) is 5.82 Å². The zero-order chi connectivity index (χ0) is 22.7. The monoisotopic (exact) mass is 461 g/mol. The second-order valence-electron chi connectivity index (χ2n) is 9.14. The van der Waals surface area contributed by atoms with Crippen LogP contribution >= 0.6 is 11.3 Å². The molecule has 2 aliphatic heterocycles. The summed E-state index contributed by atoms with van der Waals surface area (Å²) >= 11 is 1.35. The van der Waals surface area contributed by atoms with Gasteiger partial charge < -0.3 is 15.2 Å². The number of nitrogens with zero attached hydrogens (tertiary/aromatic N) is 2. The molecule has 2 aromatic carbocycles. The van der Waals surface area contributed by atoms with Crippen molar-refractivity contribution in [1.82, 2.24) is 10.1 Å². The fourth-order valence-electron chi connectivity index (χ4n) is 5.46. The molecule has 2 atom stereocenters. The van der Waals surface area contributed by atoms with E-state index in [2.05, 4.69) is 5.16 Å². The number of nitrogens with two attached hydrogens (primary N) is 1. The van der Waals surface area contributed by atoms with E-state index in [-0.39, 0.29) is 29.8 Å². The lowest BCUT2D eigenvalue weighted by Crippen LogP contribution is -2.49. The molecule has 0 aliphatic carbocycles. The largest absolute Gasteiger partial charge is 0.356 e. The van der Waals surface area contributed by atoms with E-state index in [1.807, 2.05) is 41.3 Å². The first-order valence-electron chi connectivity index (χ1n) is 11.3. The van der Waals surface area contributed by atoms with E-state index < -0.39 is 0 Å². The lowest BCUT2D eigenvalue weighted by atomic mass is 9.97. The number of rotatable bonds is 3. The molecule has 33 heavy (non-hydrogen) atoms. The van der Waals surface area contributed by atoms with E-state index in [0.717, 1.165) is 41.7 Å². The van der Waals surface area contributed by atoms with Crippen LogP contribution in [0.4, 0.5) is 4.39 Å². The molecular weight excluding hydrogens is 437 g/mol. The number of thiophene rings is 1. The highest BCUT2D eigenvalue weighted by Crippen LogP contribution is 2.44. The summed E-state index contributed by atoms with van der Waals surface area (Å²) in [6.07, 6.45) is 3.71. The van der Waals surface area contributed by atoms with Gasteiger partial charge >= 0.3 is 0 Å². The summed E-state index contributed by atoms with van der Waals surface area (Å²) in [5, 5.41) is 4.63. The van der Waals surface area contributed by atoms with E-state index in [4.69, 9.17) is 10.3 Å². The van der Waals surface area contributed by atoms with Crippen molar-refractivity contribution in [3.8, 4) is 21.6 Å². The van der Waals surface area contributed by atoms with Crippen LogP contribution in [0, 0.1) is 12.7 Å². The molecule has 2 bridgehead atoms. The molecule has 6 rings (SSSR count). The predicted octanol–water partition coefficient (Wildman–Crippen LogP) is 5.77. The van der Waals surface area contributed by atoms with Gasteiger partial charge in [0.15, 0.2) is 5.58 Å². The number of hydrogen-bond donors (Lipinski definition) is 1. The molecule has 0 spiro atoms. The third-order valence-electron chi connectivity index (χ3n) is 7.02. The Balaban J connectivity index is 1.48. The third-order valence-corrected chi connectivity index (χ3v) is 8.17. The Morgan fingerprint density at radius 3 is 2.58 bits per heavy atom. The summed E-state index contributed by atoms with van der Waals surface area (Å²) < 4.78 is 20.7. The van der Waals surface area contributed by atoms with Crippen LogP contribution in [0.2, 0.25) is 0 Å². The van der Waals surface area contributed by atoms with Crippen molar-refractivity contribution in [3.05, 3.63) is 64.9 Å². The number of aromatic nitrogens is 1. The highest BCUT2D eigenvalue weighted by atomic mass is 32.1. The summed E-state index contributed by atoms with van der Waals surface area (Å²) in [6, 6.07) is 15.5. The maximum absolute atomic E-state index is 15.3. The van der Waals surface area contributed by atoms with E-state index >= 15 is 4.39 Å². The van der Waals surface area contributed by atoms with Gasteiger partial charge in [0.2, 0.25) is 0 Å². The average molecular weight is 462 g/mol. The topological polar surface area (TPSA) is 72.4 Å². The van der Waals surface area contributed by atoms with Crippen LogP contribution in [0.3, 0.4) is 0 Å². The number of carbonyl (C=O) groups is 1. The van der Waals surface area contributed by atoms with Gasteiger partial charge in [-0.25, -0.2) is 4.39 Å². The number of amides is 1. The van der Waals surface area contributed by atoms with E-state index in [0.29, 0.717) is 27.1 Å². The van der Waals surface area contributed by atoms with Crippen LogP contribution in [-0.4, -0.2) is 34.1 Å². The Kier molecular flexibility index (Phi) is 4.85. The smallest absolute Gasteiger partial charge is 0.264 e. The molecule has 2 fully saturated rings. The van der Waals surface area contributed by atoms with Crippen molar-refractivity contribution in [2.24, 2.45) is 5.73 Å². The first-order chi connectivity index (χ1) is 16.0. The molecule has 4 aromatic rings. The molecule has 2 unspecified atom stereocenters. The lowest BCUT2D eigenvalue weighted by molar-refractivity contribution is 0.0580. The molecule has 2 saturated heterocycles. The van der Waals surface area contributed by atoms with Gasteiger partial charge in [-0.1, -0.05) is 35.5 Å². The van der Waals surface area contributed by atoms with Crippen LogP contribution in [0.15, 0.2) is 53.1 Å². The Morgan fingerprint density at radius 1 is 1.12 bits per heavy atom. The zero-order valence-corrected chi connectivity index (χ0v) is 19.1. The van der Waals surface area contributed by atoms with Gasteiger partial charge in [0.05, 0.1) is 10.6 Å². The fourth-order valence-corrected chi connectivity index (χ4v) is 6.60. The Morgan fingerprint density at radius 2 is 1.85 bits per heavy atom. The average Bonchev–Trinajstić information content (AvgIpc) is 3.48. The maximum atomic E-state index is 15.3. The van der Waals surface area contributed by atoms with Crippen molar-refractivity contribution in [1.29, 1.82) is 0 Å². The van der Waals surface area contributed by atoms with Gasteiger partial charge in [-0.3, -0.25) is 4.79 Å². The molecule has 0 radical (unpaired) electrons. The van der Waals surface area contributed by atoms with Crippen molar-refractivity contribution < 1.29 is 13.7 Å². The van der Waals surface area contributed by atoms with Crippen LogP contribution in [0.1, 0.15) is 41.0 Å². The lowest BCUT2D eigenvalue weighted by Gasteiger charge is -2.37. The van der Waals surface area contributed by atoms with Crippen molar-refractivity contribution >= 4 is 28.2 Å². The standard InChI is InChI=1S/C26H24FN3O2S/c1-14-19-11-22(27)21(12-23(19)32-29-14)25-20(15-5-3-2-4-6-15)13-24(33-25)26(31)30-17-7-8-18(30)10-16(28)9-17/h2-6,11-13,16-18H,7-10,28H2,1H3. The highest BCUT2D eigenvalue weighted by molar-refractivity contribution is 7.18. The van der Waals surface area contributed by atoms with Gasteiger partial charge in [-0.15, -0.1) is 11.3 Å². The maximum Gasteiger partial charge on any atom is 0.264 e. The summed E-state index contributed by atoms with van der Waals surface area (Å²) in [5.41, 5.74) is 9.61. The van der Waals surface area contributed by atoms with Crippen molar-refractivity contribution in [2.45, 2.75) is 50.7 Å². The number of halogens is 1. The Labute approximate surface area is 195 Å². The van der Waals surface area contributed by atoms with Gasteiger partial charge in [-0.2, -0.15) is 0 Å². The minimum Gasteiger partial charge on any atom is -0.356 e. The van der Waals surface area contributed by atoms with E-state index in [1.54, 1.807) is 13.0 Å². The number of carbonyl (C=O) groups excluding carboxylic acids is 1. The van der Waals surface area contributed by atoms with Crippen molar-refractivity contribution in [3.63, 3.8) is 0 Å². The third kappa shape index (κ3) is 3.38. The molecule has 168 valence electrons. The van der Waals surface area contributed by atoms with Crippen LogP contribution in [-0.2, 0) is 0 Å². The molecule has 7 heteroatoms. The van der Waals surface area contributed by atoms with Crippen molar-refractivity contribution in [2.75, 3.05) is 0 Å². The molecule has 2 aliphatic rings. The molecule has 2 N–H and O–H groups in total. The van der Waals surface area contributed by atoms with Crippen LogP contribution in [0.5, 0.6) is 0 Å². The second kappa shape index (κ2) is 7.78. The summed E-state index contributed by atoms with van der Waals surface area (Å²) in [4.78, 5) is 17.1. The number of aryl methyl sites for hydroxylation is 1. The van der Waals surface area contributed by atoms with E-state index in [1.165, 1.54) is 17.4 Å². The number of hydrogen-bond acceptors (Lipinski definition) is 5. The van der Waals surface area contributed by atoms with Crippen LogP contribution in [0.25, 0.3) is 32.5 Å². The summed E-state index contributed by atoms with van der Waals surface area (Å²) in [6.45, 7) is 1.79. The summed E-state index contributed by atoms with van der Waals surface area (Å²) in [7, 11) is 0. The quantitative estimate of drug-likeness (QED) is 0.421. The number of benzene rings is 2. The minimum absolute atomic E-state index is 0.0276. The normalized spacial score (nSPS) is 22.3. The fraction of sp³-hybridized carbons (Fsp3) is 0.308. The van der Waals surface area contributed by atoms with Crippen LogP contribution < -0.4 is 5.73 Å². The molecule has 5 nitrogen and oxygen atoms in total. The minimum atomic E-state index is -0.351. The molecule has 2 aromatic heterocycles. The zero-order valence-electron chi connectivity index (χ0n) is 18.3. The SMILES string of the molecule is Cc1noc2cc(-c3sc(C(=O)N4C5CCC4CC(N)C5)cc3-c3ccccc3)c(F)cc12. The number of fused-ring (bicyclic) bond motifs is 3. The summed E-state index contributed by atoms with van der Waals surface area (Å²) in [5.74, 6) is -0.323. The van der Waals surface area contributed by atoms with Gasteiger partial charge in [0.25, 0.3) is 5.91 Å². The number of piperidine rings is 1. The molecule has 1 amide bonds. The first-order valence-corrected chi connectivity index (χ1v) is 12.1. The van der Waals surface area contributed by atoms with Gasteiger partial charge in [-0.05, 0) is 56.4 Å². The Hall–Kier alpha value is -3.03. The van der Waals surface area contributed by atoms with E-state index in [9.17, 15) is 4.79 Å². The molecule has 4 heterocycles. The molecule has 0 saturated carbocycles. The first kappa shape index (κ1) is 20.6. The Bertz CT molecular complexity index is 1350. The molecular formula is C26H24FN3O2S. The highest BCUT2D eigenvalue weighted by Gasteiger charge is 2.43. The predicted molar refractivity (Wildman–Crippen MR) is 128 cm³/mol. The second-order valence-corrected chi connectivity index (χ2v) is 10.2. The van der Waals surface area contributed by atoms with Gasteiger partial charge in [0, 0.05) is 39.5 Å².